The number of ether oxygens (including phenoxy) is 1. The van der Waals surface area contributed by atoms with Crippen LogP contribution in [0.3, 0.4) is 0 Å². The number of carbonyl (C=O) groups is 1. The molecule has 0 aromatic heterocycles. The number of likely N-dealkylation sites (N-methyl/N-ethyl adjacent to an activating group) is 1. The van der Waals surface area contributed by atoms with Crippen molar-refractivity contribution in [2.75, 3.05) is 20.1 Å². The minimum absolute atomic E-state index is 0.243. The molecule has 1 N–H and O–H groups in total. The smallest absolute Gasteiger partial charge is 0.410 e. The Morgan fingerprint density at radius 1 is 1.13 bits per heavy atom. The lowest BCUT2D eigenvalue weighted by Gasteiger charge is -2.39. The van der Waals surface area contributed by atoms with Gasteiger partial charge in [-0.15, -0.1) is 0 Å². The molecule has 1 aliphatic rings. The van der Waals surface area contributed by atoms with Gasteiger partial charge in [0.2, 0.25) is 0 Å². The van der Waals surface area contributed by atoms with E-state index in [2.05, 4.69) is 26.1 Å². The van der Waals surface area contributed by atoms with Crippen molar-refractivity contribution < 1.29 is 9.53 Å². The fourth-order valence-electron chi connectivity index (χ4n) is 3.24. The molecule has 4 heteroatoms. The van der Waals surface area contributed by atoms with E-state index in [9.17, 15) is 4.79 Å². The van der Waals surface area contributed by atoms with Crippen molar-refractivity contribution in [3.05, 3.63) is 0 Å². The van der Waals surface area contributed by atoms with Crippen LogP contribution in [0.25, 0.3) is 0 Å². The van der Waals surface area contributed by atoms with Crippen molar-refractivity contribution in [3.8, 4) is 0 Å². The summed E-state index contributed by atoms with van der Waals surface area (Å²) in [7, 11) is 1.80. The highest BCUT2D eigenvalue weighted by Crippen LogP contribution is 2.40. The van der Waals surface area contributed by atoms with Crippen LogP contribution in [0.4, 0.5) is 4.79 Å². The minimum atomic E-state index is -0.427. The number of amides is 1. The van der Waals surface area contributed by atoms with Crippen molar-refractivity contribution in [3.63, 3.8) is 0 Å². The van der Waals surface area contributed by atoms with Gasteiger partial charge >= 0.3 is 6.09 Å². The predicted molar refractivity (Wildman–Crippen MR) is 96.7 cm³/mol. The summed E-state index contributed by atoms with van der Waals surface area (Å²) in [6, 6.07) is 0.603. The van der Waals surface area contributed by atoms with Crippen LogP contribution in [0.2, 0.25) is 0 Å². The Hall–Kier alpha value is -0.770. The molecule has 1 rings (SSSR count). The number of carbonyl (C=O) groups excluding carboxylic acids is 1. The normalized spacial score (nSPS) is 22.7. The summed E-state index contributed by atoms with van der Waals surface area (Å²) in [5.41, 5.74) is 0.0468. The van der Waals surface area contributed by atoms with Crippen molar-refractivity contribution in [2.45, 2.75) is 85.3 Å². The topological polar surface area (TPSA) is 41.6 Å². The average molecular weight is 327 g/mol. The number of hydrogen-bond acceptors (Lipinski definition) is 3. The Labute approximate surface area is 143 Å². The van der Waals surface area contributed by atoms with Crippen molar-refractivity contribution >= 4 is 6.09 Å². The van der Waals surface area contributed by atoms with Crippen LogP contribution in [0.1, 0.15) is 73.6 Å². The second-order valence-corrected chi connectivity index (χ2v) is 8.75. The van der Waals surface area contributed by atoms with Crippen LogP contribution in [-0.2, 0) is 4.74 Å². The van der Waals surface area contributed by atoms with Crippen molar-refractivity contribution in [1.82, 2.24) is 10.2 Å². The second kappa shape index (κ2) is 8.36. The molecule has 1 saturated carbocycles. The summed E-state index contributed by atoms with van der Waals surface area (Å²) < 4.78 is 5.37. The van der Waals surface area contributed by atoms with Crippen LogP contribution in [0.15, 0.2) is 0 Å². The van der Waals surface area contributed by atoms with Gasteiger partial charge in [-0.1, -0.05) is 27.2 Å². The van der Waals surface area contributed by atoms with Gasteiger partial charge in [-0.2, -0.15) is 0 Å². The summed E-state index contributed by atoms with van der Waals surface area (Å²) in [6.07, 6.45) is 6.17. The van der Waals surface area contributed by atoms with E-state index in [0.717, 1.165) is 12.5 Å². The number of nitrogens with one attached hydrogen (secondary N) is 1. The number of rotatable bonds is 6. The molecule has 1 aliphatic carbocycles. The first-order chi connectivity index (χ1) is 10.5. The quantitative estimate of drug-likeness (QED) is 0.784. The third-order valence-electron chi connectivity index (χ3n) is 5.33. The first-order valence-corrected chi connectivity index (χ1v) is 9.22. The Morgan fingerprint density at radius 3 is 2.17 bits per heavy atom. The van der Waals surface area contributed by atoms with Gasteiger partial charge in [0.05, 0.1) is 0 Å². The zero-order valence-corrected chi connectivity index (χ0v) is 16.4. The maximum absolute atomic E-state index is 11.9. The van der Waals surface area contributed by atoms with Gasteiger partial charge < -0.3 is 15.0 Å². The molecule has 1 amide bonds. The Morgan fingerprint density at radius 2 is 1.70 bits per heavy atom. The monoisotopic (exact) mass is 326 g/mol. The van der Waals surface area contributed by atoms with Gasteiger partial charge in [0, 0.05) is 26.2 Å². The largest absolute Gasteiger partial charge is 0.444 e. The van der Waals surface area contributed by atoms with Crippen LogP contribution in [-0.4, -0.2) is 42.8 Å². The van der Waals surface area contributed by atoms with E-state index < -0.39 is 5.60 Å². The third kappa shape index (κ3) is 7.11. The molecular formula is C19H38N2O2. The fourth-order valence-corrected chi connectivity index (χ4v) is 3.24. The molecule has 0 aromatic carbocycles. The summed E-state index contributed by atoms with van der Waals surface area (Å²) in [5.74, 6) is 0.856. The van der Waals surface area contributed by atoms with E-state index in [1.54, 1.807) is 11.9 Å². The van der Waals surface area contributed by atoms with E-state index in [0.29, 0.717) is 18.0 Å². The number of nitrogens with zero attached hydrogens (tertiary/aromatic N) is 1. The average Bonchev–Trinajstić information content (AvgIpc) is 2.46. The molecule has 0 unspecified atom stereocenters. The van der Waals surface area contributed by atoms with E-state index >= 15 is 0 Å². The molecule has 0 aromatic rings. The maximum Gasteiger partial charge on any atom is 0.410 e. The summed E-state index contributed by atoms with van der Waals surface area (Å²) in [5, 5.41) is 3.61. The van der Waals surface area contributed by atoms with E-state index in [1.807, 2.05) is 20.8 Å². The van der Waals surface area contributed by atoms with Crippen LogP contribution in [0, 0.1) is 11.3 Å². The van der Waals surface area contributed by atoms with Gasteiger partial charge in [-0.05, 0) is 57.8 Å². The molecule has 0 atom stereocenters. The molecule has 0 radical (unpaired) electrons. The SMILES string of the molecule is CCC(C)(C)C1CCC(NCCN(C)C(=O)OC(C)(C)C)CC1. The fraction of sp³-hybridized carbons (Fsp3) is 0.947. The Kier molecular flexibility index (Phi) is 7.37. The van der Waals surface area contributed by atoms with Crippen LogP contribution < -0.4 is 5.32 Å². The van der Waals surface area contributed by atoms with Gasteiger partial charge in [0.1, 0.15) is 5.60 Å². The summed E-state index contributed by atoms with van der Waals surface area (Å²) in [4.78, 5) is 13.6. The highest BCUT2D eigenvalue weighted by Gasteiger charge is 2.31. The Balaban J connectivity index is 2.24. The van der Waals surface area contributed by atoms with Gasteiger partial charge in [-0.3, -0.25) is 0 Å². The zero-order chi connectivity index (χ0) is 17.7. The summed E-state index contributed by atoms with van der Waals surface area (Å²) in [6.45, 7) is 14.3. The molecule has 23 heavy (non-hydrogen) atoms. The minimum Gasteiger partial charge on any atom is -0.444 e. The van der Waals surface area contributed by atoms with Crippen LogP contribution >= 0.6 is 0 Å². The first-order valence-electron chi connectivity index (χ1n) is 9.22. The van der Waals surface area contributed by atoms with Crippen molar-refractivity contribution in [1.29, 1.82) is 0 Å². The molecule has 0 aliphatic heterocycles. The van der Waals surface area contributed by atoms with E-state index in [1.165, 1.54) is 32.1 Å². The molecule has 0 saturated heterocycles. The number of hydrogen-bond donors (Lipinski definition) is 1. The molecule has 0 spiro atoms. The second-order valence-electron chi connectivity index (χ2n) is 8.75. The predicted octanol–water partition coefficient (Wildman–Crippen LogP) is 4.44. The lowest BCUT2D eigenvalue weighted by Crippen LogP contribution is -2.42. The van der Waals surface area contributed by atoms with Gasteiger partial charge in [0.15, 0.2) is 0 Å². The summed E-state index contributed by atoms with van der Waals surface area (Å²) >= 11 is 0. The molecule has 0 heterocycles. The standard InChI is InChI=1S/C19H38N2O2/c1-8-19(5,6)15-9-11-16(12-10-15)20-13-14-21(7)17(22)23-18(2,3)4/h15-16,20H,8-14H2,1-7H3. The molecule has 0 bridgehead atoms. The molecule has 136 valence electrons. The third-order valence-corrected chi connectivity index (χ3v) is 5.33. The molecule has 4 nitrogen and oxygen atoms in total. The molecular weight excluding hydrogens is 288 g/mol. The van der Waals surface area contributed by atoms with E-state index in [-0.39, 0.29) is 6.09 Å². The van der Waals surface area contributed by atoms with Crippen LogP contribution in [0.5, 0.6) is 0 Å². The first kappa shape index (κ1) is 20.3. The lowest BCUT2D eigenvalue weighted by molar-refractivity contribution is 0.0298. The zero-order valence-electron chi connectivity index (χ0n) is 16.4. The maximum atomic E-state index is 11.9. The molecule has 1 fully saturated rings. The Bertz CT molecular complexity index is 366. The van der Waals surface area contributed by atoms with E-state index in [4.69, 9.17) is 4.74 Å². The lowest BCUT2D eigenvalue weighted by atomic mass is 9.69. The van der Waals surface area contributed by atoms with Gasteiger partial charge in [0.25, 0.3) is 0 Å². The van der Waals surface area contributed by atoms with Gasteiger partial charge in [-0.25, -0.2) is 4.79 Å². The highest BCUT2D eigenvalue weighted by atomic mass is 16.6. The highest BCUT2D eigenvalue weighted by molar-refractivity contribution is 5.67. The van der Waals surface area contributed by atoms with Crippen molar-refractivity contribution in [2.24, 2.45) is 11.3 Å².